The Kier molecular flexibility index (Phi) is 3.70. The van der Waals surface area contributed by atoms with Crippen LogP contribution in [-0.4, -0.2) is 25.0 Å². The van der Waals surface area contributed by atoms with Gasteiger partial charge in [-0.15, -0.1) is 0 Å². The molecule has 3 N–H and O–H groups in total. The summed E-state index contributed by atoms with van der Waals surface area (Å²) < 4.78 is 5.30. The Balaban J connectivity index is 2.23. The highest BCUT2D eigenvalue weighted by Crippen LogP contribution is 2.49. The van der Waals surface area contributed by atoms with Crippen molar-refractivity contribution in [2.75, 3.05) is 7.11 Å². The number of primary amides is 1. The highest BCUT2D eigenvalue weighted by Gasteiger charge is 2.51. The van der Waals surface area contributed by atoms with E-state index in [0.717, 1.165) is 29.7 Å². The number of carbonyl (C=O) groups excluding carboxylic acids is 2. The van der Waals surface area contributed by atoms with Gasteiger partial charge in [0, 0.05) is 0 Å². The molecule has 2 amide bonds. The van der Waals surface area contributed by atoms with Crippen LogP contribution in [0.3, 0.4) is 0 Å². The summed E-state index contributed by atoms with van der Waals surface area (Å²) in [5, 5.41) is 2.68. The number of nitrogens with two attached hydrogens (primary N) is 1. The number of amides is 2. The molecule has 0 aromatic heterocycles. The highest BCUT2D eigenvalue weighted by atomic mass is 16.5. The number of rotatable bonds is 5. The van der Waals surface area contributed by atoms with Crippen molar-refractivity contribution < 1.29 is 14.3 Å². The molecule has 5 nitrogen and oxygen atoms in total. The molecule has 2 rings (SSSR count). The number of carbonyl (C=O) groups is 2. The van der Waals surface area contributed by atoms with Crippen LogP contribution in [0.25, 0.3) is 0 Å². The van der Waals surface area contributed by atoms with Gasteiger partial charge in [0.15, 0.2) is 0 Å². The Hall–Kier alpha value is -2.04. The number of aryl methyl sites for hydroxylation is 1. The lowest BCUT2D eigenvalue weighted by Gasteiger charge is -2.19. The zero-order chi connectivity index (χ0) is 14.9. The lowest BCUT2D eigenvalue weighted by molar-refractivity contribution is -0.128. The molecule has 1 saturated carbocycles. The number of hydrogen-bond donors (Lipinski definition) is 2. The third-order valence-corrected chi connectivity index (χ3v) is 3.92. The Labute approximate surface area is 118 Å². The molecule has 0 spiro atoms. The third-order valence-electron chi connectivity index (χ3n) is 3.92. The number of benzene rings is 1. The molecule has 5 heteroatoms. The molecule has 1 aliphatic rings. The molecular weight excluding hydrogens is 256 g/mol. The van der Waals surface area contributed by atoms with Crippen molar-refractivity contribution in [3.8, 4) is 5.75 Å². The van der Waals surface area contributed by atoms with Crippen molar-refractivity contribution in [2.24, 2.45) is 5.73 Å². The second-order valence-corrected chi connectivity index (χ2v) is 5.36. The molecule has 20 heavy (non-hydrogen) atoms. The highest BCUT2D eigenvalue weighted by molar-refractivity contribution is 5.94. The topological polar surface area (TPSA) is 81.4 Å². The number of ether oxygens (including phenoxy) is 1. The quantitative estimate of drug-likeness (QED) is 0.842. The molecule has 1 atom stereocenters. The van der Waals surface area contributed by atoms with Gasteiger partial charge in [-0.25, -0.2) is 0 Å². The first-order chi connectivity index (χ1) is 9.40. The van der Waals surface area contributed by atoms with Gasteiger partial charge >= 0.3 is 0 Å². The van der Waals surface area contributed by atoms with Crippen molar-refractivity contribution >= 4 is 11.8 Å². The normalized spacial score (nSPS) is 17.1. The molecule has 108 valence electrons. The van der Waals surface area contributed by atoms with Crippen LogP contribution in [0.5, 0.6) is 5.75 Å². The SMILES string of the molecule is COc1cc(C2(C(=O)N[C@H](C)C(N)=O)CC2)ccc1C. The van der Waals surface area contributed by atoms with Gasteiger partial charge in [0.25, 0.3) is 0 Å². The molecule has 1 aromatic carbocycles. The fourth-order valence-electron chi connectivity index (χ4n) is 2.30. The van der Waals surface area contributed by atoms with Gasteiger partial charge in [-0.05, 0) is 43.9 Å². The predicted octanol–water partition coefficient (Wildman–Crippen LogP) is 1.03. The average molecular weight is 276 g/mol. The minimum Gasteiger partial charge on any atom is -0.496 e. The summed E-state index contributed by atoms with van der Waals surface area (Å²) in [6, 6.07) is 5.13. The van der Waals surface area contributed by atoms with Crippen LogP contribution >= 0.6 is 0 Å². The summed E-state index contributed by atoms with van der Waals surface area (Å²) >= 11 is 0. The number of methoxy groups -OCH3 is 1. The van der Waals surface area contributed by atoms with Crippen molar-refractivity contribution in [3.63, 3.8) is 0 Å². The molecule has 0 heterocycles. The molecule has 0 unspecified atom stereocenters. The van der Waals surface area contributed by atoms with Crippen molar-refractivity contribution in [3.05, 3.63) is 29.3 Å². The van der Waals surface area contributed by atoms with Crippen LogP contribution < -0.4 is 15.8 Å². The van der Waals surface area contributed by atoms with Crippen LogP contribution in [0.1, 0.15) is 30.9 Å². The summed E-state index contributed by atoms with van der Waals surface area (Å²) in [4.78, 5) is 23.4. The molecule has 0 radical (unpaired) electrons. The van der Waals surface area contributed by atoms with Crippen LogP contribution in [0.15, 0.2) is 18.2 Å². The maximum atomic E-state index is 12.4. The van der Waals surface area contributed by atoms with E-state index in [4.69, 9.17) is 10.5 Å². The molecule has 1 aliphatic carbocycles. The Morgan fingerprint density at radius 2 is 2.05 bits per heavy atom. The molecule has 0 bridgehead atoms. The summed E-state index contributed by atoms with van der Waals surface area (Å²) in [6.07, 6.45) is 1.55. The molecule has 1 fully saturated rings. The predicted molar refractivity (Wildman–Crippen MR) is 75.4 cm³/mol. The fraction of sp³-hybridized carbons (Fsp3) is 0.467. The maximum absolute atomic E-state index is 12.4. The maximum Gasteiger partial charge on any atom is 0.239 e. The van der Waals surface area contributed by atoms with Gasteiger partial charge < -0.3 is 15.8 Å². The summed E-state index contributed by atoms with van der Waals surface area (Å²) in [6.45, 7) is 3.55. The summed E-state index contributed by atoms with van der Waals surface area (Å²) in [5.41, 5.74) is 6.59. The van der Waals surface area contributed by atoms with Gasteiger partial charge in [0.2, 0.25) is 11.8 Å². The second-order valence-electron chi connectivity index (χ2n) is 5.36. The van der Waals surface area contributed by atoms with Gasteiger partial charge in [0.1, 0.15) is 11.8 Å². The Morgan fingerprint density at radius 3 is 2.55 bits per heavy atom. The first-order valence-corrected chi connectivity index (χ1v) is 6.66. The fourth-order valence-corrected chi connectivity index (χ4v) is 2.30. The largest absolute Gasteiger partial charge is 0.496 e. The Morgan fingerprint density at radius 1 is 1.40 bits per heavy atom. The zero-order valence-corrected chi connectivity index (χ0v) is 12.0. The van der Waals surface area contributed by atoms with E-state index in [2.05, 4.69) is 5.32 Å². The van der Waals surface area contributed by atoms with Gasteiger partial charge in [-0.1, -0.05) is 12.1 Å². The standard InChI is InChI=1S/C15H20N2O3/c1-9-4-5-11(8-12(9)20-3)15(6-7-15)14(19)17-10(2)13(16)18/h4-5,8,10H,6-7H2,1-3H3,(H2,16,18)(H,17,19)/t10-/m1/s1. The third kappa shape index (κ3) is 2.48. The summed E-state index contributed by atoms with van der Waals surface area (Å²) in [5.74, 6) is 0.0925. The van der Waals surface area contributed by atoms with E-state index in [1.165, 1.54) is 0 Å². The van der Waals surface area contributed by atoms with Crippen molar-refractivity contribution in [1.82, 2.24) is 5.32 Å². The van der Waals surface area contributed by atoms with Crippen LogP contribution in [0, 0.1) is 6.92 Å². The first kappa shape index (κ1) is 14.4. The minimum absolute atomic E-state index is 0.144. The van der Waals surface area contributed by atoms with Gasteiger partial charge in [-0.2, -0.15) is 0 Å². The monoisotopic (exact) mass is 276 g/mol. The number of nitrogens with one attached hydrogen (secondary N) is 1. The number of hydrogen-bond acceptors (Lipinski definition) is 3. The van der Waals surface area contributed by atoms with Gasteiger partial charge in [-0.3, -0.25) is 9.59 Å². The van der Waals surface area contributed by atoms with E-state index in [-0.39, 0.29) is 5.91 Å². The van der Waals surface area contributed by atoms with Crippen molar-refractivity contribution in [2.45, 2.75) is 38.1 Å². The van der Waals surface area contributed by atoms with Gasteiger partial charge in [0.05, 0.1) is 12.5 Å². The van der Waals surface area contributed by atoms with E-state index >= 15 is 0 Å². The van der Waals surface area contributed by atoms with E-state index in [0.29, 0.717) is 0 Å². The lowest BCUT2D eigenvalue weighted by atomic mass is 9.93. The second kappa shape index (κ2) is 5.15. The molecule has 1 aromatic rings. The zero-order valence-electron chi connectivity index (χ0n) is 12.0. The smallest absolute Gasteiger partial charge is 0.239 e. The molecule has 0 saturated heterocycles. The van der Waals surface area contributed by atoms with Crippen molar-refractivity contribution in [1.29, 1.82) is 0 Å². The van der Waals surface area contributed by atoms with E-state index < -0.39 is 17.4 Å². The van der Waals surface area contributed by atoms with E-state index in [1.54, 1.807) is 14.0 Å². The molecule has 0 aliphatic heterocycles. The van der Waals surface area contributed by atoms with E-state index in [1.807, 2.05) is 25.1 Å². The molecular formula is C15H20N2O3. The first-order valence-electron chi connectivity index (χ1n) is 6.66. The average Bonchev–Trinajstić information content (AvgIpc) is 3.20. The minimum atomic E-state index is -0.660. The van der Waals surface area contributed by atoms with Crippen LogP contribution in [0.4, 0.5) is 0 Å². The van der Waals surface area contributed by atoms with Crippen LogP contribution in [-0.2, 0) is 15.0 Å². The lowest BCUT2D eigenvalue weighted by Crippen LogP contribution is -2.46. The summed E-state index contributed by atoms with van der Waals surface area (Å²) in [7, 11) is 1.61. The van der Waals surface area contributed by atoms with E-state index in [9.17, 15) is 9.59 Å². The Bertz CT molecular complexity index is 550. The van der Waals surface area contributed by atoms with Crippen LogP contribution in [0.2, 0.25) is 0 Å².